The Bertz CT molecular complexity index is 2420. The Hall–Kier alpha value is -6.27. The summed E-state index contributed by atoms with van der Waals surface area (Å²) in [6.07, 6.45) is 0.301. The first-order chi connectivity index (χ1) is 27.4. The Labute approximate surface area is 326 Å². The van der Waals surface area contributed by atoms with Crippen molar-refractivity contribution >= 4 is 16.0 Å². The second-order valence-electron chi connectivity index (χ2n) is 13.7. The number of esters is 1. The first-order valence-electron chi connectivity index (χ1n) is 18.4. The van der Waals surface area contributed by atoms with Crippen LogP contribution < -0.4 is 5.32 Å². The Kier molecular flexibility index (Phi) is 10.4. The van der Waals surface area contributed by atoms with Gasteiger partial charge in [0.05, 0.1) is 12.0 Å². The average Bonchev–Trinajstić information content (AvgIpc) is 3.94. The monoisotopic (exact) mass is 760 g/mol. The van der Waals surface area contributed by atoms with Crippen molar-refractivity contribution in [3.63, 3.8) is 0 Å². The smallest absolute Gasteiger partial charge is 0.324 e. The number of nitrogens with one attached hydrogen (secondary N) is 1. The third kappa shape index (κ3) is 6.81. The van der Waals surface area contributed by atoms with Gasteiger partial charge in [-0.05, 0) is 62.4 Å². The van der Waals surface area contributed by atoms with Crippen molar-refractivity contribution in [1.29, 1.82) is 0 Å². The van der Waals surface area contributed by atoms with E-state index in [0.29, 0.717) is 18.8 Å². The second-order valence-corrected chi connectivity index (χ2v) is 15.6. The van der Waals surface area contributed by atoms with Gasteiger partial charge in [0, 0.05) is 24.7 Å². The molecule has 1 aliphatic rings. The van der Waals surface area contributed by atoms with Crippen LogP contribution in [-0.2, 0) is 31.6 Å². The molecule has 1 saturated heterocycles. The van der Waals surface area contributed by atoms with Crippen LogP contribution >= 0.6 is 0 Å². The lowest BCUT2D eigenvalue weighted by Gasteiger charge is -2.36. The van der Waals surface area contributed by atoms with Crippen molar-refractivity contribution < 1.29 is 17.9 Å². The molecule has 280 valence electrons. The minimum Gasteiger partial charge on any atom is -0.468 e. The fourth-order valence-electron chi connectivity index (χ4n) is 7.78. The molecule has 6 aromatic carbocycles. The number of rotatable bonds is 12. The number of nitrogens with zero attached hydrogens (tertiary/aromatic N) is 5. The van der Waals surface area contributed by atoms with E-state index < -0.39 is 27.6 Å². The number of aromatic nitrogens is 4. The lowest BCUT2D eigenvalue weighted by atomic mass is 9.77. The summed E-state index contributed by atoms with van der Waals surface area (Å²) in [4.78, 5) is 12.9. The molecule has 0 bridgehead atoms. The number of ether oxygens (including phenoxy) is 1. The molecule has 10 nitrogen and oxygen atoms in total. The lowest BCUT2D eigenvalue weighted by molar-refractivity contribution is -0.144. The van der Waals surface area contributed by atoms with Crippen molar-refractivity contribution in [1.82, 2.24) is 29.8 Å². The summed E-state index contributed by atoms with van der Waals surface area (Å²) in [5, 5.41) is 17.2. The number of hydrogen-bond acceptors (Lipinski definition) is 8. The molecule has 2 heterocycles. The molecule has 11 heteroatoms. The third-order valence-corrected chi connectivity index (χ3v) is 12.4. The van der Waals surface area contributed by atoms with Crippen LogP contribution in [0, 0.1) is 0 Å². The Balaban J connectivity index is 1.10. The van der Waals surface area contributed by atoms with Gasteiger partial charge in [-0.25, -0.2) is 13.1 Å². The molecule has 0 unspecified atom stereocenters. The molecule has 0 spiro atoms. The molecule has 1 N–H and O–H groups in total. The first kappa shape index (κ1) is 36.7. The summed E-state index contributed by atoms with van der Waals surface area (Å²) < 4.78 is 35.3. The highest BCUT2D eigenvalue weighted by Gasteiger charge is 2.45. The predicted octanol–water partition coefficient (Wildman–Crippen LogP) is 6.94. The van der Waals surface area contributed by atoms with E-state index in [4.69, 9.17) is 9.95 Å². The number of sulfonamides is 1. The fourth-order valence-corrected chi connectivity index (χ4v) is 9.43. The van der Waals surface area contributed by atoms with Crippen LogP contribution in [0.15, 0.2) is 175 Å². The zero-order valence-electron chi connectivity index (χ0n) is 30.7. The van der Waals surface area contributed by atoms with Crippen molar-refractivity contribution in [3.8, 4) is 22.5 Å². The minimum atomic E-state index is -3.90. The average molecular weight is 761 g/mol. The molecule has 0 radical (unpaired) electrons. The zero-order valence-corrected chi connectivity index (χ0v) is 31.5. The molecule has 8 rings (SSSR count). The van der Waals surface area contributed by atoms with E-state index >= 15 is 0 Å². The SMILES string of the molecule is COC(=O)[C@@H]1C[C@H](NCc2ccc(-c3ccccc3-c3nnnn3C(c3ccccc3)(c3ccccc3)c3ccccc3)cc2)CN1S(=O)(=O)c1ccccc1. The number of carbonyl (C=O) groups excluding carboxylic acids is 1. The van der Waals surface area contributed by atoms with E-state index in [1.165, 1.54) is 23.5 Å². The molecule has 0 saturated carbocycles. The van der Waals surface area contributed by atoms with Crippen LogP contribution in [0.25, 0.3) is 22.5 Å². The molecule has 1 aliphatic heterocycles. The highest BCUT2D eigenvalue weighted by atomic mass is 32.2. The maximum Gasteiger partial charge on any atom is 0.324 e. The Morgan fingerprint density at radius 3 is 1.79 bits per heavy atom. The number of hydrogen-bond donors (Lipinski definition) is 1. The summed E-state index contributed by atoms with van der Waals surface area (Å²) in [7, 11) is -2.62. The fraction of sp³-hybridized carbons (Fsp3) is 0.156. The number of tetrazole rings is 1. The molecular weight excluding hydrogens is 721 g/mol. The van der Waals surface area contributed by atoms with Crippen LogP contribution in [0.2, 0.25) is 0 Å². The maximum atomic E-state index is 13.5. The van der Waals surface area contributed by atoms with Crippen LogP contribution in [0.3, 0.4) is 0 Å². The van der Waals surface area contributed by atoms with E-state index in [2.05, 4.69) is 82.4 Å². The molecule has 56 heavy (non-hydrogen) atoms. The van der Waals surface area contributed by atoms with Gasteiger partial charge < -0.3 is 10.1 Å². The van der Waals surface area contributed by atoms with E-state index in [1.807, 2.05) is 77.5 Å². The first-order valence-corrected chi connectivity index (χ1v) is 19.9. The van der Waals surface area contributed by atoms with Crippen LogP contribution in [0.5, 0.6) is 0 Å². The van der Waals surface area contributed by atoms with Crippen LogP contribution in [-0.4, -0.2) is 64.6 Å². The summed E-state index contributed by atoms with van der Waals surface area (Å²) in [5.74, 6) is 0.0377. The van der Waals surface area contributed by atoms with Crippen molar-refractivity contribution in [3.05, 3.63) is 192 Å². The van der Waals surface area contributed by atoms with Crippen LogP contribution in [0.1, 0.15) is 28.7 Å². The molecule has 0 aliphatic carbocycles. The standard InChI is InChI=1S/C45H40N6O4S/c1-55-44(52)42-30-38(32-50(42)56(53,54)39-22-12-5-13-23-39)46-31-33-26-28-34(29-27-33)40-24-14-15-25-41(40)43-47-48-49-51(43)45(35-16-6-2-7-17-35,36-18-8-3-9-19-36)37-20-10-4-11-21-37/h2-29,38,42,46H,30-32H2,1H3/t38-,42-/m0/s1. The van der Waals surface area contributed by atoms with Gasteiger partial charge in [0.2, 0.25) is 10.0 Å². The quantitative estimate of drug-likeness (QED) is 0.105. The summed E-state index contributed by atoms with van der Waals surface area (Å²) in [6.45, 7) is 0.624. The van der Waals surface area contributed by atoms with Gasteiger partial charge >= 0.3 is 5.97 Å². The number of carbonyl (C=O) groups is 1. The molecular formula is C45H40N6O4S. The van der Waals surface area contributed by atoms with Gasteiger partial charge in [0.1, 0.15) is 11.6 Å². The van der Waals surface area contributed by atoms with Gasteiger partial charge in [0.25, 0.3) is 0 Å². The van der Waals surface area contributed by atoms with Crippen LogP contribution in [0.4, 0.5) is 0 Å². The number of methoxy groups -OCH3 is 1. The summed E-state index contributed by atoms with van der Waals surface area (Å²) in [5.41, 5.74) is 5.97. The topological polar surface area (TPSA) is 119 Å². The molecule has 2 atom stereocenters. The van der Waals surface area contributed by atoms with E-state index in [0.717, 1.165) is 38.9 Å². The minimum absolute atomic E-state index is 0.144. The highest BCUT2D eigenvalue weighted by molar-refractivity contribution is 7.89. The van der Waals surface area contributed by atoms with Crippen molar-refractivity contribution in [2.24, 2.45) is 0 Å². The highest BCUT2D eigenvalue weighted by Crippen LogP contribution is 2.43. The van der Waals surface area contributed by atoms with E-state index in [9.17, 15) is 13.2 Å². The largest absolute Gasteiger partial charge is 0.468 e. The normalized spacial score (nSPS) is 16.1. The van der Waals surface area contributed by atoms with E-state index in [-0.39, 0.29) is 17.5 Å². The van der Waals surface area contributed by atoms with Gasteiger partial charge in [-0.15, -0.1) is 5.10 Å². The van der Waals surface area contributed by atoms with E-state index in [1.54, 1.807) is 18.2 Å². The summed E-state index contributed by atoms with van der Waals surface area (Å²) in [6, 6.07) is 54.3. The van der Waals surface area contributed by atoms with Crippen molar-refractivity contribution in [2.75, 3.05) is 13.7 Å². The lowest BCUT2D eigenvalue weighted by Crippen LogP contribution is -2.41. The maximum absolute atomic E-state index is 13.5. The Morgan fingerprint density at radius 2 is 1.23 bits per heavy atom. The van der Waals surface area contributed by atoms with Crippen molar-refractivity contribution in [2.45, 2.75) is 35.5 Å². The molecule has 1 aromatic heterocycles. The van der Waals surface area contributed by atoms with Gasteiger partial charge in [-0.3, -0.25) is 4.79 Å². The molecule has 1 fully saturated rings. The molecule has 7 aromatic rings. The van der Waals surface area contributed by atoms with Gasteiger partial charge in [0.15, 0.2) is 5.82 Å². The number of benzene rings is 6. The second kappa shape index (κ2) is 15.8. The molecule has 0 amide bonds. The third-order valence-electron chi connectivity index (χ3n) is 10.5. The Morgan fingerprint density at radius 1 is 0.714 bits per heavy atom. The predicted molar refractivity (Wildman–Crippen MR) is 215 cm³/mol. The summed E-state index contributed by atoms with van der Waals surface area (Å²) >= 11 is 0. The zero-order chi connectivity index (χ0) is 38.5. The van der Waals surface area contributed by atoms with Gasteiger partial charge in [-0.2, -0.15) is 4.31 Å². The van der Waals surface area contributed by atoms with Gasteiger partial charge in [-0.1, -0.05) is 158 Å².